The van der Waals surface area contributed by atoms with Gasteiger partial charge >= 0.3 is 34.5 Å². The number of ether oxygens (including phenoxy) is 2. The molecular formula is C11H23IN2O3Zn. The predicted molar refractivity (Wildman–Crippen MR) is 78.0 cm³/mol. The molecule has 0 atom stereocenters. The number of likely N-dealkylation sites (N-methyl/N-ethyl adjacent to an activating group) is 2. The minimum absolute atomic E-state index is 0.535. The second-order valence-corrected chi connectivity index (χ2v) is 3.60. The molecule has 0 heterocycles. The monoisotopic (exact) mass is 422 g/mol. The Bertz CT molecular complexity index is 195. The van der Waals surface area contributed by atoms with E-state index in [4.69, 9.17) is 0 Å². The summed E-state index contributed by atoms with van der Waals surface area (Å²) >= 11 is 3.62. The first kappa shape index (κ1) is 23.4. The van der Waals surface area contributed by atoms with E-state index in [1.54, 1.807) is 0 Å². The molecule has 0 aliphatic rings. The summed E-state index contributed by atoms with van der Waals surface area (Å²) in [5, 5.41) is 0. The molecule has 7 heteroatoms. The average Bonchev–Trinajstić information content (AvgIpc) is 2.36. The molecule has 0 aromatic rings. The van der Waals surface area contributed by atoms with E-state index in [2.05, 4.69) is 73.3 Å². The first-order chi connectivity index (χ1) is 8.43. The zero-order valence-corrected chi connectivity index (χ0v) is 17.3. The van der Waals surface area contributed by atoms with Crippen molar-refractivity contribution < 1.29 is 29.1 Å². The van der Waals surface area contributed by atoms with Crippen molar-refractivity contribution in [3.05, 3.63) is 12.3 Å². The number of methoxy groups -OCH3 is 2. The standard InChI is InChI=1S/C6H16N2.C5H7O3.HI.Zn/c1-7(2)5-6-8(3)4;1-7-4-3-5(6)8-2;;/h5-6H2,1-4H3;4H,1-2H3;1H;/q;-1;;+2/p-1. The van der Waals surface area contributed by atoms with Crippen molar-refractivity contribution >= 4 is 25.7 Å². The Morgan fingerprint density at radius 3 is 1.78 bits per heavy atom. The summed E-state index contributed by atoms with van der Waals surface area (Å²) < 4.78 is 8.57. The van der Waals surface area contributed by atoms with Gasteiger partial charge in [0.15, 0.2) is 0 Å². The SMILES string of the molecule is CN(C)CCN(C)C.COC=[C-]C(=O)OC.[Zn+][I]. The van der Waals surface area contributed by atoms with Crippen molar-refractivity contribution in [2.24, 2.45) is 0 Å². The van der Waals surface area contributed by atoms with Gasteiger partial charge in [-0.05, 0) is 28.2 Å². The van der Waals surface area contributed by atoms with Gasteiger partial charge in [-0.15, -0.1) is 0 Å². The third kappa shape index (κ3) is 29.9. The molecule has 0 aromatic carbocycles. The van der Waals surface area contributed by atoms with Crippen LogP contribution in [-0.4, -0.2) is 71.3 Å². The molecule has 0 saturated carbocycles. The predicted octanol–water partition coefficient (Wildman–Crippen LogP) is 1.12. The van der Waals surface area contributed by atoms with Crippen LogP contribution in [0, 0.1) is 6.08 Å². The van der Waals surface area contributed by atoms with Crippen LogP contribution in [0.5, 0.6) is 0 Å². The van der Waals surface area contributed by atoms with Gasteiger partial charge in [-0.2, -0.15) is 0 Å². The van der Waals surface area contributed by atoms with E-state index in [1.807, 2.05) is 0 Å². The van der Waals surface area contributed by atoms with Gasteiger partial charge in [0.05, 0.1) is 14.2 Å². The average molecular weight is 424 g/mol. The topological polar surface area (TPSA) is 42.0 Å². The van der Waals surface area contributed by atoms with E-state index in [1.165, 1.54) is 29.0 Å². The first-order valence-electron chi connectivity index (χ1n) is 5.19. The second-order valence-electron chi connectivity index (χ2n) is 3.60. The molecule has 0 aromatic heterocycles. The molecule has 0 aliphatic carbocycles. The van der Waals surface area contributed by atoms with E-state index in [-0.39, 0.29) is 0 Å². The van der Waals surface area contributed by atoms with Crippen molar-refractivity contribution in [2.45, 2.75) is 0 Å². The Kier molecular flexibility index (Phi) is 25.5. The summed E-state index contributed by atoms with van der Waals surface area (Å²) in [6, 6.07) is 0. The Labute approximate surface area is 132 Å². The molecule has 104 valence electrons. The van der Waals surface area contributed by atoms with Gasteiger partial charge in [0, 0.05) is 13.1 Å². The van der Waals surface area contributed by atoms with E-state index in [9.17, 15) is 4.79 Å². The van der Waals surface area contributed by atoms with Crippen molar-refractivity contribution in [1.82, 2.24) is 9.80 Å². The summed E-state index contributed by atoms with van der Waals surface area (Å²) in [6.07, 6.45) is 3.30. The van der Waals surface area contributed by atoms with Gasteiger partial charge in [0.2, 0.25) is 0 Å². The molecule has 0 rings (SSSR count). The van der Waals surface area contributed by atoms with Crippen LogP contribution in [0.4, 0.5) is 0 Å². The summed E-state index contributed by atoms with van der Waals surface area (Å²) in [5.41, 5.74) is 0. The first-order valence-corrected chi connectivity index (χ1v) is 14.2. The minimum atomic E-state index is -0.535. The number of hydrogen-bond acceptors (Lipinski definition) is 5. The Balaban J connectivity index is -0.000000219. The Hall–Kier alpha value is 0.283. The van der Waals surface area contributed by atoms with Crippen LogP contribution in [0.25, 0.3) is 0 Å². The van der Waals surface area contributed by atoms with Gasteiger partial charge < -0.3 is 25.3 Å². The number of rotatable bonds is 5. The van der Waals surface area contributed by atoms with E-state index < -0.39 is 5.97 Å². The number of esters is 1. The molecule has 0 amide bonds. The second kappa shape index (κ2) is 19.6. The van der Waals surface area contributed by atoms with E-state index in [0.29, 0.717) is 0 Å². The van der Waals surface area contributed by atoms with Crippen LogP contribution < -0.4 is 0 Å². The van der Waals surface area contributed by atoms with Gasteiger partial charge in [0.25, 0.3) is 0 Å². The zero-order chi connectivity index (χ0) is 15.0. The van der Waals surface area contributed by atoms with Gasteiger partial charge in [0.1, 0.15) is 5.97 Å². The van der Waals surface area contributed by atoms with Gasteiger partial charge in [-0.25, -0.2) is 0 Å². The molecule has 0 N–H and O–H groups in total. The van der Waals surface area contributed by atoms with Gasteiger partial charge in [-0.1, -0.05) is 6.26 Å². The summed E-state index contributed by atoms with van der Waals surface area (Å²) in [5.74, 6) is -0.535. The molecular weight excluding hydrogens is 400 g/mol. The molecule has 18 heavy (non-hydrogen) atoms. The number of carbonyl (C=O) groups excluding carboxylic acids is 1. The third-order valence-electron chi connectivity index (χ3n) is 1.47. The van der Waals surface area contributed by atoms with Crippen molar-refractivity contribution in [1.29, 1.82) is 0 Å². The summed E-state index contributed by atoms with van der Waals surface area (Å²) in [6.45, 7) is 2.29. The fourth-order valence-corrected chi connectivity index (χ4v) is 0.566. The van der Waals surface area contributed by atoms with E-state index in [0.717, 1.165) is 19.4 Å². The number of hydrogen-bond donors (Lipinski definition) is 0. The number of halogens is 1. The molecule has 0 fully saturated rings. The van der Waals surface area contributed by atoms with E-state index >= 15 is 0 Å². The normalized spacial score (nSPS) is 9.50. The van der Waals surface area contributed by atoms with Crippen LogP contribution in [0.2, 0.25) is 0 Å². The quantitative estimate of drug-likeness (QED) is 0.166. The molecule has 0 aliphatic heterocycles. The number of nitrogens with zero attached hydrogens (tertiary/aromatic N) is 2. The maximum absolute atomic E-state index is 10.1. The van der Waals surface area contributed by atoms with Gasteiger partial charge in [-0.3, -0.25) is 4.79 Å². The maximum atomic E-state index is 10.1. The van der Waals surface area contributed by atoms with Crippen molar-refractivity contribution in [3.8, 4) is 0 Å². The summed E-state index contributed by atoms with van der Waals surface area (Å²) in [7, 11) is 11.1. The van der Waals surface area contributed by atoms with Crippen LogP contribution in [-0.2, 0) is 29.1 Å². The fraction of sp³-hybridized carbons (Fsp3) is 0.727. The zero-order valence-electron chi connectivity index (χ0n) is 12.2. The molecule has 5 nitrogen and oxygen atoms in total. The molecule has 0 bridgehead atoms. The van der Waals surface area contributed by atoms with Crippen LogP contribution >= 0.6 is 19.8 Å². The molecule has 0 saturated heterocycles. The molecule has 0 unspecified atom stereocenters. The van der Waals surface area contributed by atoms with Crippen molar-refractivity contribution in [3.63, 3.8) is 0 Å². The van der Waals surface area contributed by atoms with Crippen LogP contribution in [0.1, 0.15) is 0 Å². The third-order valence-corrected chi connectivity index (χ3v) is 1.47. The summed E-state index contributed by atoms with van der Waals surface area (Å²) in [4.78, 5) is 14.5. The molecule has 0 radical (unpaired) electrons. The molecule has 0 spiro atoms. The van der Waals surface area contributed by atoms with Crippen LogP contribution in [0.15, 0.2) is 6.26 Å². The Morgan fingerprint density at radius 2 is 1.56 bits per heavy atom. The number of carbonyl (C=O) groups is 1. The van der Waals surface area contributed by atoms with Crippen LogP contribution in [0.3, 0.4) is 0 Å². The Morgan fingerprint density at radius 1 is 1.17 bits per heavy atom. The van der Waals surface area contributed by atoms with Crippen molar-refractivity contribution in [2.75, 3.05) is 55.5 Å². The fourth-order valence-electron chi connectivity index (χ4n) is 0.566.